The van der Waals surface area contributed by atoms with Gasteiger partial charge in [0.15, 0.2) is 0 Å². The SMILES string of the molecule is C[C@@H](CNC(=O)CNS(=O)(=O)c1ccc2c(c1)CCCC2)c1ccccc1. The summed E-state index contributed by atoms with van der Waals surface area (Å²) in [6.45, 7) is 2.22. The molecular weight excluding hydrogens is 360 g/mol. The molecule has 6 heteroatoms. The van der Waals surface area contributed by atoms with E-state index in [1.165, 1.54) is 5.56 Å². The summed E-state index contributed by atoms with van der Waals surface area (Å²) < 4.78 is 27.4. The van der Waals surface area contributed by atoms with Crippen LogP contribution >= 0.6 is 0 Å². The number of amides is 1. The Morgan fingerprint density at radius 2 is 1.74 bits per heavy atom. The maximum absolute atomic E-state index is 12.5. The highest BCUT2D eigenvalue weighted by molar-refractivity contribution is 7.89. The largest absolute Gasteiger partial charge is 0.354 e. The van der Waals surface area contributed by atoms with E-state index in [2.05, 4.69) is 10.0 Å². The van der Waals surface area contributed by atoms with Crippen molar-refractivity contribution in [3.63, 3.8) is 0 Å². The van der Waals surface area contributed by atoms with Crippen LogP contribution < -0.4 is 10.0 Å². The van der Waals surface area contributed by atoms with E-state index in [9.17, 15) is 13.2 Å². The number of hydrogen-bond donors (Lipinski definition) is 2. The molecule has 0 fully saturated rings. The predicted molar refractivity (Wildman–Crippen MR) is 106 cm³/mol. The number of carbonyl (C=O) groups excluding carboxylic acids is 1. The van der Waals surface area contributed by atoms with Crippen LogP contribution in [0.4, 0.5) is 0 Å². The molecule has 0 aromatic heterocycles. The Hall–Kier alpha value is -2.18. The Morgan fingerprint density at radius 3 is 2.48 bits per heavy atom. The second-order valence-electron chi connectivity index (χ2n) is 7.08. The van der Waals surface area contributed by atoms with Crippen LogP contribution in [-0.2, 0) is 27.7 Å². The Bertz CT molecular complexity index is 895. The van der Waals surface area contributed by atoms with E-state index in [0.29, 0.717) is 6.54 Å². The van der Waals surface area contributed by atoms with E-state index in [0.717, 1.165) is 36.8 Å². The zero-order valence-corrected chi connectivity index (χ0v) is 16.4. The van der Waals surface area contributed by atoms with Crippen molar-refractivity contribution in [1.82, 2.24) is 10.0 Å². The average molecular weight is 387 g/mol. The van der Waals surface area contributed by atoms with Crippen molar-refractivity contribution in [2.75, 3.05) is 13.1 Å². The van der Waals surface area contributed by atoms with Gasteiger partial charge in [0.25, 0.3) is 0 Å². The molecule has 0 spiro atoms. The van der Waals surface area contributed by atoms with Crippen LogP contribution in [-0.4, -0.2) is 27.4 Å². The normalized spacial score (nSPS) is 15.0. The third-order valence-electron chi connectivity index (χ3n) is 5.03. The number of hydrogen-bond acceptors (Lipinski definition) is 3. The number of nitrogens with one attached hydrogen (secondary N) is 2. The van der Waals surface area contributed by atoms with Gasteiger partial charge in [0.05, 0.1) is 11.4 Å². The second-order valence-corrected chi connectivity index (χ2v) is 8.84. The number of aryl methyl sites for hydroxylation is 2. The van der Waals surface area contributed by atoms with Crippen LogP contribution in [0.2, 0.25) is 0 Å². The quantitative estimate of drug-likeness (QED) is 0.768. The Morgan fingerprint density at radius 1 is 1.04 bits per heavy atom. The molecule has 3 rings (SSSR count). The minimum Gasteiger partial charge on any atom is -0.354 e. The molecule has 2 aromatic rings. The molecular formula is C21H26N2O3S. The van der Waals surface area contributed by atoms with Crippen molar-refractivity contribution in [3.8, 4) is 0 Å². The number of fused-ring (bicyclic) bond motifs is 1. The molecule has 0 unspecified atom stereocenters. The Balaban J connectivity index is 1.53. The highest BCUT2D eigenvalue weighted by atomic mass is 32.2. The molecule has 2 aromatic carbocycles. The van der Waals surface area contributed by atoms with E-state index >= 15 is 0 Å². The van der Waals surface area contributed by atoms with E-state index in [4.69, 9.17) is 0 Å². The van der Waals surface area contributed by atoms with Gasteiger partial charge in [0, 0.05) is 6.54 Å². The lowest BCUT2D eigenvalue weighted by Gasteiger charge is -2.17. The first-order valence-electron chi connectivity index (χ1n) is 9.39. The van der Waals surface area contributed by atoms with Gasteiger partial charge in [-0.05, 0) is 60.4 Å². The van der Waals surface area contributed by atoms with Gasteiger partial charge in [-0.1, -0.05) is 43.3 Å². The number of carbonyl (C=O) groups is 1. The predicted octanol–water partition coefficient (Wildman–Crippen LogP) is 2.76. The first kappa shape index (κ1) is 19.6. The van der Waals surface area contributed by atoms with Gasteiger partial charge < -0.3 is 5.32 Å². The highest BCUT2D eigenvalue weighted by Crippen LogP contribution is 2.24. The minimum atomic E-state index is -3.69. The molecule has 5 nitrogen and oxygen atoms in total. The fourth-order valence-corrected chi connectivity index (χ4v) is 4.38. The molecule has 0 bridgehead atoms. The van der Waals surface area contributed by atoms with E-state index in [1.54, 1.807) is 12.1 Å². The summed E-state index contributed by atoms with van der Waals surface area (Å²) in [5, 5.41) is 2.79. The van der Waals surface area contributed by atoms with Gasteiger partial charge in [-0.2, -0.15) is 0 Å². The number of sulfonamides is 1. The second kappa shape index (κ2) is 8.67. The van der Waals surface area contributed by atoms with Gasteiger partial charge in [0.1, 0.15) is 0 Å². The van der Waals surface area contributed by atoms with Crippen LogP contribution in [0.25, 0.3) is 0 Å². The molecule has 1 aliphatic carbocycles. The fraction of sp³-hybridized carbons (Fsp3) is 0.381. The Kier molecular flexibility index (Phi) is 6.29. The van der Waals surface area contributed by atoms with Gasteiger partial charge in [0.2, 0.25) is 15.9 Å². The molecule has 0 aliphatic heterocycles. The monoisotopic (exact) mass is 386 g/mol. The van der Waals surface area contributed by atoms with Crippen LogP contribution in [0.5, 0.6) is 0 Å². The van der Waals surface area contributed by atoms with Gasteiger partial charge >= 0.3 is 0 Å². The molecule has 0 heterocycles. The summed E-state index contributed by atoms with van der Waals surface area (Å²) in [6.07, 6.45) is 4.16. The number of rotatable bonds is 7. The van der Waals surface area contributed by atoms with Crippen molar-refractivity contribution in [2.45, 2.75) is 43.4 Å². The van der Waals surface area contributed by atoms with Crippen LogP contribution in [0.15, 0.2) is 53.4 Å². The van der Waals surface area contributed by atoms with Crippen molar-refractivity contribution < 1.29 is 13.2 Å². The minimum absolute atomic E-state index is 0.160. The molecule has 144 valence electrons. The first-order valence-corrected chi connectivity index (χ1v) is 10.9. The summed E-state index contributed by atoms with van der Waals surface area (Å²) >= 11 is 0. The van der Waals surface area contributed by atoms with Gasteiger partial charge in [-0.25, -0.2) is 13.1 Å². The maximum Gasteiger partial charge on any atom is 0.241 e. The number of benzene rings is 2. The Labute approximate surface area is 161 Å². The highest BCUT2D eigenvalue weighted by Gasteiger charge is 2.18. The smallest absolute Gasteiger partial charge is 0.241 e. The summed E-state index contributed by atoms with van der Waals surface area (Å²) in [5.41, 5.74) is 3.46. The first-order chi connectivity index (χ1) is 13.0. The van der Waals surface area contributed by atoms with E-state index < -0.39 is 10.0 Å². The molecule has 2 N–H and O–H groups in total. The van der Waals surface area contributed by atoms with Crippen molar-refractivity contribution in [1.29, 1.82) is 0 Å². The molecule has 1 aliphatic rings. The van der Waals surface area contributed by atoms with Crippen LogP contribution in [0.1, 0.15) is 42.4 Å². The molecule has 27 heavy (non-hydrogen) atoms. The summed E-state index contributed by atoms with van der Waals surface area (Å²) in [5.74, 6) is -0.174. The van der Waals surface area contributed by atoms with Crippen LogP contribution in [0.3, 0.4) is 0 Å². The lowest BCUT2D eigenvalue weighted by atomic mass is 9.92. The summed E-state index contributed by atoms with van der Waals surface area (Å²) in [4.78, 5) is 12.3. The topological polar surface area (TPSA) is 75.3 Å². The molecule has 0 saturated heterocycles. The molecule has 0 radical (unpaired) electrons. The summed E-state index contributed by atoms with van der Waals surface area (Å²) in [7, 11) is -3.69. The average Bonchev–Trinajstić information content (AvgIpc) is 2.70. The third-order valence-corrected chi connectivity index (χ3v) is 6.43. The lowest BCUT2D eigenvalue weighted by Crippen LogP contribution is -2.38. The fourth-order valence-electron chi connectivity index (χ4n) is 3.35. The molecule has 0 saturated carbocycles. The lowest BCUT2D eigenvalue weighted by molar-refractivity contribution is -0.120. The van der Waals surface area contributed by atoms with Gasteiger partial charge in [-0.15, -0.1) is 0 Å². The van der Waals surface area contributed by atoms with Crippen LogP contribution in [0, 0.1) is 0 Å². The molecule has 1 amide bonds. The zero-order chi connectivity index (χ0) is 19.3. The zero-order valence-electron chi connectivity index (χ0n) is 15.6. The maximum atomic E-state index is 12.5. The van der Waals surface area contributed by atoms with Gasteiger partial charge in [-0.3, -0.25) is 4.79 Å². The molecule has 1 atom stereocenters. The standard InChI is InChI=1S/C21H26N2O3S/c1-16(17-7-3-2-4-8-17)14-22-21(24)15-23-27(25,26)20-12-11-18-9-5-6-10-19(18)13-20/h2-4,7-8,11-13,16,23H,5-6,9-10,14-15H2,1H3,(H,22,24)/t16-/m0/s1. The van der Waals surface area contributed by atoms with Crippen molar-refractivity contribution >= 4 is 15.9 Å². The van der Waals surface area contributed by atoms with Crippen molar-refractivity contribution in [3.05, 3.63) is 65.2 Å². The summed E-state index contributed by atoms with van der Waals surface area (Å²) in [6, 6.07) is 15.1. The third kappa shape index (κ3) is 5.17. The van der Waals surface area contributed by atoms with Crippen molar-refractivity contribution in [2.24, 2.45) is 0 Å². The van der Waals surface area contributed by atoms with E-state index in [1.807, 2.05) is 43.3 Å². The van der Waals surface area contributed by atoms with E-state index in [-0.39, 0.29) is 23.3 Å².